The molecule has 0 unspecified atom stereocenters. The van der Waals surface area contributed by atoms with Crippen molar-refractivity contribution in [1.29, 1.82) is 0 Å². The normalized spacial score (nSPS) is 15.4. The van der Waals surface area contributed by atoms with Gasteiger partial charge in [-0.25, -0.2) is 4.68 Å². The van der Waals surface area contributed by atoms with Crippen molar-refractivity contribution in [2.24, 2.45) is 0 Å². The summed E-state index contributed by atoms with van der Waals surface area (Å²) in [6.45, 7) is 9.94. The van der Waals surface area contributed by atoms with E-state index in [1.165, 1.54) is 18.4 Å². The summed E-state index contributed by atoms with van der Waals surface area (Å²) in [7, 11) is 0. The lowest BCUT2D eigenvalue weighted by Gasteiger charge is -2.34. The van der Waals surface area contributed by atoms with Crippen LogP contribution < -0.4 is 5.32 Å². The van der Waals surface area contributed by atoms with Crippen LogP contribution in [0.1, 0.15) is 38.7 Å². The van der Waals surface area contributed by atoms with Crippen LogP contribution in [-0.4, -0.2) is 62.8 Å². The molecule has 30 heavy (non-hydrogen) atoms. The van der Waals surface area contributed by atoms with Crippen LogP contribution in [0.3, 0.4) is 0 Å². The highest BCUT2D eigenvalue weighted by Gasteiger charge is 2.20. The number of hydrogen-bond acceptors (Lipinski definition) is 5. The van der Waals surface area contributed by atoms with Gasteiger partial charge < -0.3 is 9.88 Å². The molecular formula is C22H34N6OS. The van der Waals surface area contributed by atoms with Gasteiger partial charge in [-0.3, -0.25) is 14.6 Å². The van der Waals surface area contributed by atoms with Gasteiger partial charge in [0.2, 0.25) is 5.91 Å². The number of aromatic nitrogens is 3. The van der Waals surface area contributed by atoms with E-state index in [0.29, 0.717) is 13.2 Å². The van der Waals surface area contributed by atoms with E-state index in [2.05, 4.69) is 44.7 Å². The zero-order valence-electron chi connectivity index (χ0n) is 18.2. The van der Waals surface area contributed by atoms with Gasteiger partial charge in [-0.2, -0.15) is 5.10 Å². The highest BCUT2D eigenvalue weighted by atomic mass is 32.1. The number of unbranched alkanes of at least 4 members (excludes halogenated alkanes) is 2. The van der Waals surface area contributed by atoms with Gasteiger partial charge in [-0.1, -0.05) is 44.9 Å². The van der Waals surface area contributed by atoms with Crippen molar-refractivity contribution in [2.75, 3.05) is 38.0 Å². The van der Waals surface area contributed by atoms with Crippen molar-refractivity contribution < 1.29 is 4.79 Å². The molecule has 2 heterocycles. The first-order valence-electron chi connectivity index (χ1n) is 11.1. The largest absolute Gasteiger partial charge is 0.325 e. The fraction of sp³-hybridized carbons (Fsp3) is 0.591. The van der Waals surface area contributed by atoms with Gasteiger partial charge in [0.25, 0.3) is 0 Å². The van der Waals surface area contributed by atoms with E-state index < -0.39 is 0 Å². The molecule has 1 amide bonds. The van der Waals surface area contributed by atoms with Crippen molar-refractivity contribution in [1.82, 2.24) is 24.1 Å². The molecule has 0 spiro atoms. The van der Waals surface area contributed by atoms with Gasteiger partial charge in [-0.15, -0.1) is 0 Å². The molecule has 1 aromatic carbocycles. The van der Waals surface area contributed by atoms with E-state index >= 15 is 0 Å². The van der Waals surface area contributed by atoms with Crippen LogP contribution in [0.4, 0.5) is 5.69 Å². The molecule has 0 atom stereocenters. The molecule has 2 aromatic rings. The fourth-order valence-corrected chi connectivity index (χ4v) is 4.02. The molecule has 164 valence electrons. The lowest BCUT2D eigenvalue weighted by molar-refractivity contribution is -0.117. The first kappa shape index (κ1) is 22.7. The number of amides is 1. The monoisotopic (exact) mass is 430 g/mol. The fourth-order valence-electron chi connectivity index (χ4n) is 3.78. The van der Waals surface area contributed by atoms with Crippen LogP contribution in [-0.2, 0) is 24.4 Å². The van der Waals surface area contributed by atoms with Gasteiger partial charge in [0.1, 0.15) is 6.33 Å². The molecule has 0 bridgehead atoms. The van der Waals surface area contributed by atoms with E-state index in [1.807, 2.05) is 29.2 Å². The Hall–Kier alpha value is -2.03. The second kappa shape index (κ2) is 11.4. The zero-order valence-corrected chi connectivity index (χ0v) is 19.0. The molecule has 0 saturated carbocycles. The number of hydrogen-bond donors (Lipinski definition) is 1. The molecule has 3 rings (SSSR count). The van der Waals surface area contributed by atoms with Crippen LogP contribution in [0.5, 0.6) is 0 Å². The Kier molecular flexibility index (Phi) is 8.60. The summed E-state index contributed by atoms with van der Waals surface area (Å²) < 4.78 is 4.77. The molecule has 1 aliphatic rings. The molecule has 0 radical (unpaired) electrons. The van der Waals surface area contributed by atoms with Gasteiger partial charge in [0.15, 0.2) is 4.77 Å². The Morgan fingerprint density at radius 1 is 1.10 bits per heavy atom. The highest BCUT2D eigenvalue weighted by Crippen LogP contribution is 2.15. The summed E-state index contributed by atoms with van der Waals surface area (Å²) in [6.07, 6.45) is 6.32. The summed E-state index contributed by atoms with van der Waals surface area (Å²) in [5.74, 6) is 0.0531. The van der Waals surface area contributed by atoms with Crippen LogP contribution in [0.25, 0.3) is 0 Å². The second-order valence-electron chi connectivity index (χ2n) is 7.91. The van der Waals surface area contributed by atoms with E-state index in [9.17, 15) is 4.79 Å². The third-order valence-corrected chi connectivity index (χ3v) is 6.08. The Bertz CT molecular complexity index is 869. The minimum absolute atomic E-state index is 0.0531. The molecule has 1 aromatic heterocycles. The van der Waals surface area contributed by atoms with Crippen LogP contribution in [0.2, 0.25) is 0 Å². The molecule has 8 heteroatoms. The van der Waals surface area contributed by atoms with Crippen molar-refractivity contribution in [3.05, 3.63) is 40.9 Å². The maximum Gasteiger partial charge on any atom is 0.238 e. The maximum atomic E-state index is 12.5. The van der Waals surface area contributed by atoms with E-state index in [0.717, 1.165) is 56.0 Å². The van der Waals surface area contributed by atoms with Crippen LogP contribution >= 0.6 is 12.2 Å². The summed E-state index contributed by atoms with van der Waals surface area (Å²) in [5, 5.41) is 7.54. The minimum Gasteiger partial charge on any atom is -0.325 e. The molecule has 7 nitrogen and oxygen atoms in total. The number of rotatable bonds is 10. The molecular weight excluding hydrogens is 396 g/mol. The molecule has 1 saturated heterocycles. The molecule has 0 aliphatic carbocycles. The van der Waals surface area contributed by atoms with Crippen LogP contribution in [0, 0.1) is 4.77 Å². The number of anilines is 1. The summed E-state index contributed by atoms with van der Waals surface area (Å²) >= 11 is 5.58. The third-order valence-electron chi connectivity index (χ3n) is 5.64. The summed E-state index contributed by atoms with van der Waals surface area (Å²) in [5.41, 5.74) is 2.09. The van der Waals surface area contributed by atoms with E-state index in [-0.39, 0.29) is 5.91 Å². The third kappa shape index (κ3) is 6.23. The predicted octanol–water partition coefficient (Wildman–Crippen LogP) is 3.38. The van der Waals surface area contributed by atoms with Gasteiger partial charge in [0.05, 0.1) is 13.2 Å². The zero-order chi connectivity index (χ0) is 21.3. The lowest BCUT2D eigenvalue weighted by Crippen LogP contribution is -2.49. The first-order chi connectivity index (χ1) is 14.6. The predicted molar refractivity (Wildman–Crippen MR) is 123 cm³/mol. The van der Waals surface area contributed by atoms with Gasteiger partial charge in [-0.05, 0) is 36.7 Å². The quantitative estimate of drug-likeness (QED) is 0.463. The highest BCUT2D eigenvalue weighted by molar-refractivity contribution is 7.71. The lowest BCUT2D eigenvalue weighted by atomic mass is 10.1. The van der Waals surface area contributed by atoms with Crippen molar-refractivity contribution in [3.63, 3.8) is 0 Å². The van der Waals surface area contributed by atoms with Crippen LogP contribution in [0.15, 0.2) is 30.6 Å². The average Bonchev–Trinajstić information content (AvgIpc) is 3.09. The second-order valence-corrected chi connectivity index (χ2v) is 8.27. The first-order valence-corrected chi connectivity index (χ1v) is 11.5. The summed E-state index contributed by atoms with van der Waals surface area (Å²) in [4.78, 5) is 17.0. The number of carbonyl (C=O) groups is 1. The topological polar surface area (TPSA) is 58.3 Å². The number of benzene rings is 1. The van der Waals surface area contributed by atoms with Crippen molar-refractivity contribution >= 4 is 23.8 Å². The average molecular weight is 431 g/mol. The summed E-state index contributed by atoms with van der Waals surface area (Å²) in [6, 6.07) is 8.00. The SMILES string of the molecule is CCCCCn1cnn(CN2CCN(CC(=O)Nc3ccccc3CC)CC2)c1=S. The van der Waals surface area contributed by atoms with Gasteiger partial charge >= 0.3 is 0 Å². The van der Waals surface area contributed by atoms with Crippen molar-refractivity contribution in [2.45, 2.75) is 52.7 Å². The smallest absolute Gasteiger partial charge is 0.238 e. The Labute approximate surface area is 184 Å². The number of nitrogens with one attached hydrogen (secondary N) is 1. The Balaban J connectivity index is 1.44. The molecule has 1 fully saturated rings. The molecule has 1 N–H and O–H groups in total. The Morgan fingerprint density at radius 3 is 2.57 bits per heavy atom. The standard InChI is InChI=1S/C22H34N6OS/c1-3-5-8-11-27-17-23-28(22(27)30)18-26-14-12-25(13-15-26)16-21(29)24-20-10-7-6-9-19(20)4-2/h6-7,9-10,17H,3-5,8,11-16,18H2,1-2H3,(H,24,29). The maximum absolute atomic E-state index is 12.5. The number of aryl methyl sites for hydroxylation is 2. The minimum atomic E-state index is 0.0531. The molecule has 1 aliphatic heterocycles. The van der Waals surface area contributed by atoms with E-state index in [1.54, 1.807) is 0 Å². The van der Waals surface area contributed by atoms with Gasteiger partial charge in [0, 0.05) is 38.4 Å². The number of carbonyl (C=O) groups excluding carboxylic acids is 1. The van der Waals surface area contributed by atoms with E-state index in [4.69, 9.17) is 12.2 Å². The number of nitrogens with zero attached hydrogens (tertiary/aromatic N) is 5. The number of para-hydroxylation sites is 1. The number of piperazine rings is 1. The van der Waals surface area contributed by atoms with Crippen molar-refractivity contribution in [3.8, 4) is 0 Å². The Morgan fingerprint density at radius 2 is 1.83 bits per heavy atom.